The van der Waals surface area contributed by atoms with Gasteiger partial charge < -0.3 is 4.74 Å². The van der Waals surface area contributed by atoms with E-state index in [2.05, 4.69) is 6.07 Å². The summed E-state index contributed by atoms with van der Waals surface area (Å²) >= 11 is 0. The molecule has 0 saturated carbocycles. The molecule has 0 atom stereocenters. The molecule has 2 nitrogen and oxygen atoms in total. The lowest BCUT2D eigenvalue weighted by Gasteiger charge is -2.01. The molecule has 0 aliphatic carbocycles. The molecule has 0 spiro atoms. The van der Waals surface area contributed by atoms with Crippen molar-refractivity contribution < 1.29 is 4.74 Å². The number of nitrogens with zero attached hydrogens (tertiary/aromatic N) is 1. The number of hydrogen-bond donors (Lipinski definition) is 0. The van der Waals surface area contributed by atoms with Crippen molar-refractivity contribution in [2.75, 3.05) is 7.11 Å². The van der Waals surface area contributed by atoms with Gasteiger partial charge in [-0.1, -0.05) is 42.5 Å². The minimum absolute atomic E-state index is 0.625. The molecular formula is C18H15NO. The second-order valence-corrected chi connectivity index (χ2v) is 4.19. The topological polar surface area (TPSA) is 33.0 Å². The van der Waals surface area contributed by atoms with Gasteiger partial charge in [-0.25, -0.2) is 0 Å². The predicted molar refractivity (Wildman–Crippen MR) is 82.1 cm³/mol. The average molecular weight is 261 g/mol. The first kappa shape index (κ1) is 13.6. The van der Waals surface area contributed by atoms with Crippen LogP contribution in [0, 0.1) is 11.3 Å². The number of nitriles is 1. The zero-order valence-electron chi connectivity index (χ0n) is 11.3. The first-order valence-corrected chi connectivity index (χ1v) is 6.31. The molecule has 0 bridgehead atoms. The van der Waals surface area contributed by atoms with E-state index in [4.69, 9.17) is 4.74 Å². The van der Waals surface area contributed by atoms with Gasteiger partial charge in [-0.3, -0.25) is 0 Å². The summed E-state index contributed by atoms with van der Waals surface area (Å²) < 4.78 is 5.11. The molecule has 2 rings (SSSR count). The minimum atomic E-state index is 0.625. The molecule has 0 aromatic heterocycles. The summed E-state index contributed by atoms with van der Waals surface area (Å²) in [5.41, 5.74) is 2.61. The number of benzene rings is 2. The molecule has 0 radical (unpaired) electrons. The van der Waals surface area contributed by atoms with E-state index < -0.39 is 0 Å². The summed E-state index contributed by atoms with van der Waals surface area (Å²) in [4.78, 5) is 0. The zero-order valence-corrected chi connectivity index (χ0v) is 11.3. The third-order valence-corrected chi connectivity index (χ3v) is 2.87. The molecule has 0 saturated heterocycles. The maximum atomic E-state index is 9.22. The van der Waals surface area contributed by atoms with Crippen molar-refractivity contribution in [1.29, 1.82) is 5.26 Å². The Labute approximate surface area is 119 Å². The fourth-order valence-electron chi connectivity index (χ4n) is 1.79. The van der Waals surface area contributed by atoms with Crippen LogP contribution in [-0.2, 0) is 0 Å². The van der Waals surface area contributed by atoms with Crippen LogP contribution in [0.25, 0.3) is 11.6 Å². The normalized spacial score (nSPS) is 11.3. The summed E-state index contributed by atoms with van der Waals surface area (Å²) in [6, 6.07) is 19.6. The Bertz CT molecular complexity index is 646. The molecule has 0 heterocycles. The van der Waals surface area contributed by atoms with Crippen LogP contribution in [0.15, 0.2) is 66.7 Å². The van der Waals surface area contributed by atoms with Crippen LogP contribution in [0.1, 0.15) is 11.1 Å². The highest BCUT2D eigenvalue weighted by Crippen LogP contribution is 2.18. The Morgan fingerprint density at radius 2 is 1.75 bits per heavy atom. The predicted octanol–water partition coefficient (Wildman–Crippen LogP) is 4.32. The summed E-state index contributed by atoms with van der Waals surface area (Å²) in [5.74, 6) is 0.783. The molecule has 0 fully saturated rings. The van der Waals surface area contributed by atoms with Crippen molar-refractivity contribution in [2.24, 2.45) is 0 Å². The van der Waals surface area contributed by atoms with Gasteiger partial charge in [-0.05, 0) is 41.5 Å². The second-order valence-electron chi connectivity index (χ2n) is 4.19. The summed E-state index contributed by atoms with van der Waals surface area (Å²) in [5, 5.41) is 9.22. The van der Waals surface area contributed by atoms with Crippen molar-refractivity contribution in [3.8, 4) is 11.8 Å². The Morgan fingerprint density at radius 1 is 1.05 bits per heavy atom. The first-order chi connectivity index (χ1) is 9.83. The molecular weight excluding hydrogens is 246 g/mol. The third-order valence-electron chi connectivity index (χ3n) is 2.87. The number of ether oxygens (including phenoxy) is 1. The SMILES string of the molecule is COc1ccc(C(C#N)=CC=Cc2ccccc2)cc1. The standard InChI is InChI=1S/C18H15NO/c1-20-18-12-10-16(11-13-18)17(14-19)9-5-8-15-6-3-2-4-7-15/h2-13H,1H3. The van der Waals surface area contributed by atoms with E-state index in [9.17, 15) is 5.26 Å². The van der Waals surface area contributed by atoms with E-state index in [0.717, 1.165) is 16.9 Å². The van der Waals surface area contributed by atoms with Gasteiger partial charge in [0.2, 0.25) is 0 Å². The van der Waals surface area contributed by atoms with Gasteiger partial charge in [0, 0.05) is 0 Å². The fraction of sp³-hybridized carbons (Fsp3) is 0.0556. The first-order valence-electron chi connectivity index (χ1n) is 6.31. The summed E-state index contributed by atoms with van der Waals surface area (Å²) in [7, 11) is 1.62. The highest BCUT2D eigenvalue weighted by Gasteiger charge is 1.99. The number of methoxy groups -OCH3 is 1. The van der Waals surface area contributed by atoms with Gasteiger partial charge in [-0.2, -0.15) is 5.26 Å². The van der Waals surface area contributed by atoms with Crippen molar-refractivity contribution >= 4 is 11.6 Å². The fourth-order valence-corrected chi connectivity index (χ4v) is 1.79. The lowest BCUT2D eigenvalue weighted by molar-refractivity contribution is 0.415. The van der Waals surface area contributed by atoms with Crippen LogP contribution < -0.4 is 4.74 Å². The Hall–Kier alpha value is -2.79. The van der Waals surface area contributed by atoms with Gasteiger partial charge in [0.15, 0.2) is 0 Å². The monoisotopic (exact) mass is 261 g/mol. The van der Waals surface area contributed by atoms with Crippen LogP contribution in [-0.4, -0.2) is 7.11 Å². The van der Waals surface area contributed by atoms with Crippen LogP contribution >= 0.6 is 0 Å². The van der Waals surface area contributed by atoms with E-state index in [-0.39, 0.29) is 0 Å². The molecule has 0 unspecified atom stereocenters. The van der Waals surface area contributed by atoms with E-state index in [1.54, 1.807) is 7.11 Å². The van der Waals surface area contributed by atoms with E-state index in [1.807, 2.05) is 72.8 Å². The van der Waals surface area contributed by atoms with E-state index in [0.29, 0.717) is 5.57 Å². The van der Waals surface area contributed by atoms with Gasteiger partial charge in [0.25, 0.3) is 0 Å². The minimum Gasteiger partial charge on any atom is -0.497 e. The molecule has 0 N–H and O–H groups in total. The van der Waals surface area contributed by atoms with Crippen molar-refractivity contribution in [1.82, 2.24) is 0 Å². The van der Waals surface area contributed by atoms with E-state index >= 15 is 0 Å². The maximum Gasteiger partial charge on any atom is 0.118 e. The zero-order chi connectivity index (χ0) is 14.2. The third kappa shape index (κ3) is 3.60. The number of allylic oxidation sites excluding steroid dienone is 3. The lowest BCUT2D eigenvalue weighted by atomic mass is 10.1. The Balaban J connectivity index is 2.17. The van der Waals surface area contributed by atoms with Gasteiger partial charge in [0.05, 0.1) is 18.8 Å². The second kappa shape index (κ2) is 6.96. The molecule has 2 heteroatoms. The van der Waals surface area contributed by atoms with E-state index in [1.165, 1.54) is 0 Å². The van der Waals surface area contributed by atoms with Gasteiger partial charge in [0.1, 0.15) is 5.75 Å². The molecule has 0 amide bonds. The quantitative estimate of drug-likeness (QED) is 0.606. The lowest BCUT2D eigenvalue weighted by Crippen LogP contribution is -1.84. The molecule has 0 aliphatic heterocycles. The molecule has 2 aromatic carbocycles. The Morgan fingerprint density at radius 3 is 2.35 bits per heavy atom. The van der Waals surface area contributed by atoms with Crippen molar-refractivity contribution in [3.63, 3.8) is 0 Å². The van der Waals surface area contributed by atoms with Crippen LogP contribution in [0.4, 0.5) is 0 Å². The maximum absolute atomic E-state index is 9.22. The Kier molecular flexibility index (Phi) is 4.75. The summed E-state index contributed by atoms with van der Waals surface area (Å²) in [6.45, 7) is 0. The van der Waals surface area contributed by atoms with Gasteiger partial charge >= 0.3 is 0 Å². The highest BCUT2D eigenvalue weighted by molar-refractivity contribution is 5.78. The molecule has 98 valence electrons. The average Bonchev–Trinajstić information content (AvgIpc) is 2.53. The largest absolute Gasteiger partial charge is 0.497 e. The molecule has 2 aromatic rings. The van der Waals surface area contributed by atoms with Crippen molar-refractivity contribution in [2.45, 2.75) is 0 Å². The number of rotatable bonds is 4. The van der Waals surface area contributed by atoms with Crippen LogP contribution in [0.3, 0.4) is 0 Å². The molecule has 20 heavy (non-hydrogen) atoms. The highest BCUT2D eigenvalue weighted by atomic mass is 16.5. The van der Waals surface area contributed by atoms with Crippen LogP contribution in [0.2, 0.25) is 0 Å². The van der Waals surface area contributed by atoms with Gasteiger partial charge in [-0.15, -0.1) is 0 Å². The molecule has 0 aliphatic rings. The van der Waals surface area contributed by atoms with Crippen molar-refractivity contribution in [3.05, 3.63) is 77.9 Å². The smallest absolute Gasteiger partial charge is 0.118 e. The summed E-state index contributed by atoms with van der Waals surface area (Å²) in [6.07, 6.45) is 5.67. The van der Waals surface area contributed by atoms with Crippen LogP contribution in [0.5, 0.6) is 5.75 Å². The number of hydrogen-bond acceptors (Lipinski definition) is 2.